The van der Waals surface area contributed by atoms with Crippen LogP contribution in [0.25, 0.3) is 22.0 Å². The normalized spacial score (nSPS) is 10.8. The number of fused-ring (bicyclic) bond motifs is 1. The van der Waals surface area contributed by atoms with Gasteiger partial charge in [0, 0.05) is 39.7 Å². The number of carbonyl (C=O) groups excluding carboxylic acids is 1. The van der Waals surface area contributed by atoms with Gasteiger partial charge in [-0.15, -0.1) is 0 Å². The van der Waals surface area contributed by atoms with Gasteiger partial charge in [-0.05, 0) is 47.5 Å². The van der Waals surface area contributed by atoms with E-state index < -0.39 is 0 Å². The lowest BCUT2D eigenvalue weighted by Crippen LogP contribution is -2.13. The van der Waals surface area contributed by atoms with Crippen molar-refractivity contribution in [1.29, 1.82) is 0 Å². The Morgan fingerprint density at radius 2 is 1.96 bits per heavy atom. The van der Waals surface area contributed by atoms with Gasteiger partial charge >= 0.3 is 0 Å². The summed E-state index contributed by atoms with van der Waals surface area (Å²) < 4.78 is 0.976. The molecule has 0 spiro atoms. The van der Waals surface area contributed by atoms with Crippen molar-refractivity contribution in [3.63, 3.8) is 0 Å². The van der Waals surface area contributed by atoms with E-state index >= 15 is 0 Å². The molecule has 3 N–H and O–H groups in total. The molecule has 0 aliphatic carbocycles. The number of nitrogens with two attached hydrogens (primary N) is 1. The molecule has 28 heavy (non-hydrogen) atoms. The van der Waals surface area contributed by atoms with Crippen molar-refractivity contribution in [2.75, 3.05) is 5.32 Å². The molecule has 2 heterocycles. The Morgan fingerprint density at radius 1 is 1.07 bits per heavy atom. The fraction of sp³-hybridized carbons (Fsp3) is 0.0476. The van der Waals surface area contributed by atoms with E-state index in [1.807, 2.05) is 48.5 Å². The molecule has 2 aromatic carbocycles. The summed E-state index contributed by atoms with van der Waals surface area (Å²) in [6.45, 7) is 0. The number of primary amides is 1. The molecule has 4 aromatic rings. The van der Waals surface area contributed by atoms with Crippen LogP contribution >= 0.6 is 15.9 Å². The van der Waals surface area contributed by atoms with Crippen LogP contribution in [0, 0.1) is 0 Å². The van der Waals surface area contributed by atoms with Gasteiger partial charge in [-0.3, -0.25) is 9.78 Å². The molecule has 0 fully saturated rings. The number of hydrogen-bond donors (Lipinski definition) is 2. The van der Waals surface area contributed by atoms with Crippen molar-refractivity contribution in [2.45, 2.75) is 6.42 Å². The largest absolute Gasteiger partial charge is 0.369 e. The van der Waals surface area contributed by atoms with Crippen molar-refractivity contribution in [2.24, 2.45) is 5.73 Å². The highest BCUT2D eigenvalue weighted by molar-refractivity contribution is 9.10. The van der Waals surface area contributed by atoms with Gasteiger partial charge in [-0.1, -0.05) is 28.1 Å². The highest BCUT2D eigenvalue weighted by atomic mass is 79.9. The maximum Gasteiger partial charge on any atom is 0.227 e. The van der Waals surface area contributed by atoms with Gasteiger partial charge in [0.1, 0.15) is 0 Å². The summed E-state index contributed by atoms with van der Waals surface area (Å²) in [5.41, 5.74) is 9.68. The van der Waals surface area contributed by atoms with E-state index in [1.54, 1.807) is 18.6 Å². The fourth-order valence-corrected chi connectivity index (χ4v) is 3.34. The van der Waals surface area contributed by atoms with Crippen LogP contribution in [-0.2, 0) is 11.2 Å². The van der Waals surface area contributed by atoms with Crippen LogP contribution in [0.3, 0.4) is 0 Å². The summed E-state index contributed by atoms with van der Waals surface area (Å²) in [5, 5.41) is 4.17. The Morgan fingerprint density at radius 3 is 2.75 bits per heavy atom. The van der Waals surface area contributed by atoms with E-state index in [4.69, 9.17) is 5.73 Å². The average molecular weight is 434 g/mol. The number of nitrogens with zero attached hydrogens (tertiary/aromatic N) is 3. The molecule has 0 unspecified atom stereocenters. The molecule has 1 amide bonds. The van der Waals surface area contributed by atoms with Crippen LogP contribution < -0.4 is 11.1 Å². The van der Waals surface area contributed by atoms with Crippen molar-refractivity contribution in [3.05, 3.63) is 77.2 Å². The summed E-state index contributed by atoms with van der Waals surface area (Å²) >= 11 is 3.45. The predicted octanol–water partition coefficient (Wildman–Crippen LogP) is 4.23. The third kappa shape index (κ3) is 4.15. The number of hydrogen-bond acceptors (Lipinski definition) is 5. The molecule has 4 rings (SSSR count). The number of anilines is 2. The van der Waals surface area contributed by atoms with Crippen LogP contribution in [0.4, 0.5) is 11.6 Å². The number of carbonyl (C=O) groups is 1. The molecule has 0 radical (unpaired) electrons. The zero-order valence-corrected chi connectivity index (χ0v) is 16.3. The first-order valence-corrected chi connectivity index (χ1v) is 9.38. The highest BCUT2D eigenvalue weighted by Crippen LogP contribution is 2.27. The van der Waals surface area contributed by atoms with E-state index in [-0.39, 0.29) is 12.3 Å². The topological polar surface area (TPSA) is 93.8 Å². The number of halogens is 1. The third-order valence-electron chi connectivity index (χ3n) is 4.16. The zero-order chi connectivity index (χ0) is 19.5. The summed E-state index contributed by atoms with van der Waals surface area (Å²) in [7, 11) is 0. The van der Waals surface area contributed by atoms with Gasteiger partial charge in [-0.25, -0.2) is 9.97 Å². The minimum atomic E-state index is -0.387. The second kappa shape index (κ2) is 7.74. The number of pyridine rings is 1. The summed E-state index contributed by atoms with van der Waals surface area (Å²) in [5.74, 6) is 0.0880. The van der Waals surface area contributed by atoms with E-state index in [0.29, 0.717) is 5.95 Å². The molecule has 2 aromatic heterocycles. The lowest BCUT2D eigenvalue weighted by atomic mass is 10.0. The minimum absolute atomic E-state index is 0.148. The maximum absolute atomic E-state index is 11.4. The summed E-state index contributed by atoms with van der Waals surface area (Å²) in [4.78, 5) is 24.5. The quantitative estimate of drug-likeness (QED) is 0.491. The number of amides is 1. The number of rotatable bonds is 5. The van der Waals surface area contributed by atoms with E-state index in [1.165, 1.54) is 0 Å². The molecule has 138 valence electrons. The Hall–Kier alpha value is -3.32. The van der Waals surface area contributed by atoms with Crippen LogP contribution in [0.5, 0.6) is 0 Å². The van der Waals surface area contributed by atoms with Crippen LogP contribution in [0.2, 0.25) is 0 Å². The minimum Gasteiger partial charge on any atom is -0.369 e. The summed E-state index contributed by atoms with van der Waals surface area (Å²) in [6, 6.07) is 15.4. The number of aromatic nitrogens is 3. The predicted molar refractivity (Wildman–Crippen MR) is 113 cm³/mol. The van der Waals surface area contributed by atoms with Crippen molar-refractivity contribution in [1.82, 2.24) is 15.0 Å². The first kappa shape index (κ1) is 18.1. The van der Waals surface area contributed by atoms with Gasteiger partial charge < -0.3 is 11.1 Å². The molecule has 0 saturated carbocycles. The van der Waals surface area contributed by atoms with Crippen molar-refractivity contribution in [3.8, 4) is 11.1 Å². The molecule has 6 nitrogen and oxygen atoms in total. The molecular formula is C21H16BrN5O. The molecule has 0 saturated heterocycles. The van der Waals surface area contributed by atoms with Crippen LogP contribution in [-0.4, -0.2) is 20.9 Å². The average Bonchev–Trinajstić information content (AvgIpc) is 2.68. The monoisotopic (exact) mass is 433 g/mol. The summed E-state index contributed by atoms with van der Waals surface area (Å²) in [6.07, 6.45) is 5.41. The molecule has 0 aliphatic heterocycles. The van der Waals surface area contributed by atoms with Crippen molar-refractivity contribution >= 4 is 44.4 Å². The Bertz CT molecular complexity index is 1160. The highest BCUT2D eigenvalue weighted by Gasteiger charge is 2.08. The molecule has 7 heteroatoms. The Balaban J connectivity index is 1.72. The SMILES string of the molecule is NC(=O)Cc1cc(Nc2ncc3cc(Br)ccc3n2)cc(-c2cccnc2)c1. The van der Waals surface area contributed by atoms with Crippen LogP contribution in [0.1, 0.15) is 5.56 Å². The molecule has 0 atom stereocenters. The lowest BCUT2D eigenvalue weighted by molar-refractivity contribution is -0.117. The third-order valence-corrected chi connectivity index (χ3v) is 4.66. The maximum atomic E-state index is 11.4. The first-order chi connectivity index (χ1) is 13.6. The Labute approximate surface area is 170 Å². The van der Waals surface area contributed by atoms with E-state index in [9.17, 15) is 4.79 Å². The number of nitrogens with one attached hydrogen (secondary N) is 1. The lowest BCUT2D eigenvalue weighted by Gasteiger charge is -2.11. The first-order valence-electron chi connectivity index (χ1n) is 8.59. The van der Waals surface area contributed by atoms with Crippen LogP contribution in [0.15, 0.2) is 71.6 Å². The fourth-order valence-electron chi connectivity index (χ4n) is 2.96. The van der Waals surface area contributed by atoms with Gasteiger partial charge in [0.05, 0.1) is 11.9 Å². The number of benzene rings is 2. The molecular weight excluding hydrogens is 418 g/mol. The van der Waals surface area contributed by atoms with Gasteiger partial charge in [0.2, 0.25) is 11.9 Å². The smallest absolute Gasteiger partial charge is 0.227 e. The van der Waals surface area contributed by atoms with Gasteiger partial charge in [0.25, 0.3) is 0 Å². The Kier molecular flexibility index (Phi) is 4.99. The van der Waals surface area contributed by atoms with Gasteiger partial charge in [0.15, 0.2) is 0 Å². The van der Waals surface area contributed by atoms with Gasteiger partial charge in [-0.2, -0.15) is 0 Å². The van der Waals surface area contributed by atoms with E-state index in [2.05, 4.69) is 36.2 Å². The molecule has 0 bridgehead atoms. The second-order valence-corrected chi connectivity index (χ2v) is 7.24. The van der Waals surface area contributed by atoms with E-state index in [0.717, 1.165) is 37.8 Å². The molecule has 0 aliphatic rings. The standard InChI is InChI=1S/C21H16BrN5O/c22-17-3-4-19-16(9-17)12-25-21(27-19)26-18-7-13(8-20(23)28)6-15(10-18)14-2-1-5-24-11-14/h1-7,9-12H,8H2,(H2,23,28)(H,25,26,27). The second-order valence-electron chi connectivity index (χ2n) is 6.33. The zero-order valence-electron chi connectivity index (χ0n) is 14.8. The van der Waals surface area contributed by atoms with Crippen molar-refractivity contribution < 1.29 is 4.79 Å².